The van der Waals surface area contributed by atoms with Gasteiger partial charge in [0.2, 0.25) is 0 Å². The Morgan fingerprint density at radius 1 is 0.828 bits per heavy atom. The van der Waals surface area contributed by atoms with E-state index in [1.807, 2.05) is 6.33 Å². The Morgan fingerprint density at radius 3 is 2.10 bits per heavy atom. The Kier molecular flexibility index (Phi) is 6.06. The first kappa shape index (κ1) is 19.4. The van der Waals surface area contributed by atoms with Gasteiger partial charge in [-0.05, 0) is 68.7 Å². The molecule has 0 fully saturated rings. The van der Waals surface area contributed by atoms with Crippen molar-refractivity contribution in [3.63, 3.8) is 0 Å². The van der Waals surface area contributed by atoms with Crippen LogP contribution in [0.15, 0.2) is 85.2 Å². The van der Waals surface area contributed by atoms with Crippen molar-refractivity contribution >= 4 is 11.0 Å². The molecule has 0 amide bonds. The molecule has 3 aromatic carbocycles. The molecule has 0 unspecified atom stereocenters. The van der Waals surface area contributed by atoms with Crippen LogP contribution in [0.4, 0.5) is 0 Å². The molecular weight excluding hydrogens is 354 g/mol. The van der Waals surface area contributed by atoms with Crippen LogP contribution in [0.2, 0.25) is 0 Å². The minimum atomic E-state index is 0.117. The summed E-state index contributed by atoms with van der Waals surface area (Å²) in [5, 5.41) is 0. The zero-order valence-electron chi connectivity index (χ0n) is 17.3. The van der Waals surface area contributed by atoms with Crippen LogP contribution in [0.3, 0.4) is 0 Å². The van der Waals surface area contributed by atoms with Crippen molar-refractivity contribution in [2.24, 2.45) is 0 Å². The van der Waals surface area contributed by atoms with Gasteiger partial charge < -0.3 is 9.47 Å². The van der Waals surface area contributed by atoms with E-state index < -0.39 is 0 Å². The fourth-order valence-electron chi connectivity index (χ4n) is 3.97. The zero-order valence-corrected chi connectivity index (χ0v) is 17.3. The summed E-state index contributed by atoms with van der Waals surface area (Å²) < 4.78 is 2.32. The van der Waals surface area contributed by atoms with Gasteiger partial charge in [-0.2, -0.15) is 0 Å². The molecule has 0 N–H and O–H groups in total. The van der Waals surface area contributed by atoms with Gasteiger partial charge in [0.05, 0.1) is 23.4 Å². The first-order chi connectivity index (χ1) is 14.2. The summed E-state index contributed by atoms with van der Waals surface area (Å²) in [5.74, 6) is 0. The normalized spacial score (nSPS) is 11.6. The Hall–Kier alpha value is -2.91. The van der Waals surface area contributed by atoms with E-state index in [1.54, 1.807) is 0 Å². The van der Waals surface area contributed by atoms with Gasteiger partial charge in [-0.3, -0.25) is 0 Å². The maximum atomic E-state index is 4.71. The smallest absolute Gasteiger partial charge is 0.0966 e. The molecule has 0 bridgehead atoms. The van der Waals surface area contributed by atoms with Crippen molar-refractivity contribution in [2.75, 3.05) is 20.6 Å². The second kappa shape index (κ2) is 9.06. The van der Waals surface area contributed by atoms with Gasteiger partial charge in [0.15, 0.2) is 0 Å². The van der Waals surface area contributed by atoms with Gasteiger partial charge in [0.1, 0.15) is 0 Å². The molecule has 0 aliphatic rings. The first-order valence-electron chi connectivity index (χ1n) is 10.4. The van der Waals surface area contributed by atoms with Crippen molar-refractivity contribution in [3.05, 3.63) is 102 Å². The van der Waals surface area contributed by atoms with Gasteiger partial charge in [0, 0.05) is 0 Å². The highest BCUT2D eigenvalue weighted by atomic mass is 15.1. The Morgan fingerprint density at radius 2 is 1.48 bits per heavy atom. The minimum absolute atomic E-state index is 0.117. The third-order valence-corrected chi connectivity index (χ3v) is 5.47. The number of imidazole rings is 1. The number of rotatable bonds is 8. The second-order valence-electron chi connectivity index (χ2n) is 7.96. The molecule has 0 atom stereocenters. The van der Waals surface area contributed by atoms with E-state index in [-0.39, 0.29) is 6.04 Å². The van der Waals surface area contributed by atoms with E-state index in [9.17, 15) is 0 Å². The predicted octanol–water partition coefficient (Wildman–Crippen LogP) is 5.56. The number of aryl methyl sites for hydroxylation is 1. The fourth-order valence-corrected chi connectivity index (χ4v) is 3.97. The van der Waals surface area contributed by atoms with Crippen LogP contribution in [0.25, 0.3) is 11.0 Å². The average molecular weight is 384 g/mol. The summed E-state index contributed by atoms with van der Waals surface area (Å²) in [6, 6.07) is 28.2. The highest BCUT2D eigenvalue weighted by Crippen LogP contribution is 2.30. The maximum Gasteiger partial charge on any atom is 0.0966 e. The largest absolute Gasteiger partial charge is 0.319 e. The molecule has 0 aliphatic carbocycles. The molecule has 4 aromatic rings. The van der Waals surface area contributed by atoms with Crippen molar-refractivity contribution in [1.82, 2.24) is 14.5 Å². The first-order valence-corrected chi connectivity index (χ1v) is 10.4. The molecule has 1 aromatic heterocycles. The molecule has 3 heteroatoms. The fraction of sp³-hybridized carbons (Fsp3) is 0.269. The Labute approximate surface area is 173 Å². The quantitative estimate of drug-likeness (QED) is 0.372. The lowest BCUT2D eigenvalue weighted by atomic mass is 9.98. The molecular formula is C26H29N3. The van der Waals surface area contributed by atoms with Gasteiger partial charge >= 0.3 is 0 Å². The summed E-state index contributed by atoms with van der Waals surface area (Å²) >= 11 is 0. The number of hydrogen-bond acceptors (Lipinski definition) is 2. The zero-order chi connectivity index (χ0) is 20.1. The molecule has 0 saturated carbocycles. The Balaban J connectivity index is 1.69. The van der Waals surface area contributed by atoms with Crippen LogP contribution >= 0.6 is 0 Å². The summed E-state index contributed by atoms with van der Waals surface area (Å²) in [5.41, 5.74) is 6.19. The van der Waals surface area contributed by atoms with E-state index in [1.165, 1.54) is 35.0 Å². The lowest BCUT2D eigenvalue weighted by Gasteiger charge is -2.21. The lowest BCUT2D eigenvalue weighted by Crippen LogP contribution is -2.13. The van der Waals surface area contributed by atoms with E-state index in [4.69, 9.17) is 4.98 Å². The summed E-state index contributed by atoms with van der Waals surface area (Å²) in [6.45, 7) is 1.14. The molecule has 3 nitrogen and oxygen atoms in total. The predicted molar refractivity (Wildman–Crippen MR) is 121 cm³/mol. The average Bonchev–Trinajstić information content (AvgIpc) is 3.16. The third-order valence-electron chi connectivity index (χ3n) is 5.47. The molecule has 0 spiro atoms. The molecule has 0 saturated heterocycles. The molecule has 4 rings (SSSR count). The third kappa shape index (κ3) is 4.57. The van der Waals surface area contributed by atoms with E-state index in [0.717, 1.165) is 18.5 Å². The van der Waals surface area contributed by atoms with Crippen LogP contribution in [-0.4, -0.2) is 35.1 Å². The summed E-state index contributed by atoms with van der Waals surface area (Å²) in [6.07, 6.45) is 5.53. The lowest BCUT2D eigenvalue weighted by molar-refractivity contribution is 0.394. The van der Waals surface area contributed by atoms with Gasteiger partial charge in [-0.1, -0.05) is 66.7 Å². The summed E-state index contributed by atoms with van der Waals surface area (Å²) in [4.78, 5) is 6.96. The molecule has 0 aliphatic heterocycles. The van der Waals surface area contributed by atoms with Crippen molar-refractivity contribution in [2.45, 2.75) is 25.3 Å². The maximum absolute atomic E-state index is 4.71. The van der Waals surface area contributed by atoms with Gasteiger partial charge in [-0.15, -0.1) is 0 Å². The van der Waals surface area contributed by atoms with Crippen molar-refractivity contribution in [1.29, 1.82) is 0 Å². The summed E-state index contributed by atoms with van der Waals surface area (Å²) in [7, 11) is 4.27. The van der Waals surface area contributed by atoms with Crippen LogP contribution in [-0.2, 0) is 6.42 Å². The number of nitrogens with zero attached hydrogens (tertiary/aromatic N) is 3. The highest BCUT2D eigenvalue weighted by molar-refractivity contribution is 5.76. The molecule has 148 valence electrons. The van der Waals surface area contributed by atoms with E-state index >= 15 is 0 Å². The van der Waals surface area contributed by atoms with Crippen LogP contribution in [0, 0.1) is 0 Å². The van der Waals surface area contributed by atoms with Gasteiger partial charge in [0.25, 0.3) is 0 Å². The number of hydrogen-bond donors (Lipinski definition) is 0. The number of unbranched alkanes of at least 4 members (excludes halogenated alkanes) is 1. The van der Waals surface area contributed by atoms with Crippen molar-refractivity contribution < 1.29 is 0 Å². The van der Waals surface area contributed by atoms with Crippen molar-refractivity contribution in [3.8, 4) is 0 Å². The highest BCUT2D eigenvalue weighted by Gasteiger charge is 2.18. The standard InChI is InChI=1S/C26H29N3/c1-28(2)18-10-9-11-21-16-17-24-25(19-21)29(20-27-24)26(22-12-5-3-6-13-22)23-14-7-4-8-15-23/h3-8,12-17,19-20,26H,9-11,18H2,1-2H3. The minimum Gasteiger partial charge on any atom is -0.319 e. The number of fused-ring (bicyclic) bond motifs is 1. The Bertz CT molecular complexity index is 996. The molecule has 29 heavy (non-hydrogen) atoms. The van der Waals surface area contributed by atoms with E-state index in [0.29, 0.717) is 0 Å². The SMILES string of the molecule is CN(C)CCCCc1ccc2ncn(C(c3ccccc3)c3ccccc3)c2c1. The monoisotopic (exact) mass is 383 g/mol. The molecule has 0 radical (unpaired) electrons. The molecule has 1 heterocycles. The number of aromatic nitrogens is 2. The number of benzene rings is 3. The van der Waals surface area contributed by atoms with Crippen LogP contribution in [0.1, 0.15) is 35.6 Å². The van der Waals surface area contributed by atoms with Crippen LogP contribution in [0.5, 0.6) is 0 Å². The van der Waals surface area contributed by atoms with Crippen LogP contribution < -0.4 is 0 Å². The van der Waals surface area contributed by atoms with E-state index in [2.05, 4.69) is 102 Å². The topological polar surface area (TPSA) is 21.1 Å². The second-order valence-corrected chi connectivity index (χ2v) is 7.96. The van der Waals surface area contributed by atoms with Gasteiger partial charge in [-0.25, -0.2) is 4.98 Å².